The highest BCUT2D eigenvalue weighted by molar-refractivity contribution is 5.88. The summed E-state index contributed by atoms with van der Waals surface area (Å²) in [6, 6.07) is 16.2. The van der Waals surface area contributed by atoms with Gasteiger partial charge in [-0.15, -0.1) is 0 Å². The van der Waals surface area contributed by atoms with E-state index in [9.17, 15) is 19.5 Å². The summed E-state index contributed by atoms with van der Waals surface area (Å²) in [7, 11) is 0. The highest BCUT2D eigenvalue weighted by Crippen LogP contribution is 2.44. The van der Waals surface area contributed by atoms with E-state index in [-0.39, 0.29) is 30.4 Å². The zero-order valence-electron chi connectivity index (χ0n) is 19.3. The molecule has 2 N–H and O–H groups in total. The van der Waals surface area contributed by atoms with Crippen molar-refractivity contribution in [2.45, 2.75) is 56.5 Å². The highest BCUT2D eigenvalue weighted by Gasteiger charge is 2.48. The molecule has 2 amide bonds. The van der Waals surface area contributed by atoms with Gasteiger partial charge in [0.2, 0.25) is 5.91 Å². The lowest BCUT2D eigenvalue weighted by Gasteiger charge is -2.33. The van der Waals surface area contributed by atoms with Crippen molar-refractivity contribution in [1.29, 1.82) is 0 Å². The van der Waals surface area contributed by atoms with Crippen molar-refractivity contribution in [2.75, 3.05) is 13.2 Å². The monoisotopic (exact) mass is 462 g/mol. The number of alkyl carbamates (subject to hydrolysis) is 1. The Kier molecular flexibility index (Phi) is 5.80. The van der Waals surface area contributed by atoms with Crippen LogP contribution in [0, 0.1) is 5.92 Å². The van der Waals surface area contributed by atoms with Gasteiger partial charge in [-0.05, 0) is 61.3 Å². The van der Waals surface area contributed by atoms with Crippen LogP contribution in [0.1, 0.15) is 56.1 Å². The van der Waals surface area contributed by atoms with Crippen LogP contribution in [0.25, 0.3) is 11.1 Å². The molecule has 7 heteroatoms. The Bertz CT molecular complexity index is 1090. The largest absolute Gasteiger partial charge is 0.480 e. The molecule has 1 heterocycles. The molecule has 1 saturated carbocycles. The Morgan fingerprint density at radius 3 is 2.35 bits per heavy atom. The number of nitrogens with one attached hydrogen (secondary N) is 1. The molecule has 34 heavy (non-hydrogen) atoms. The number of aliphatic carboxylic acids is 1. The number of fused-ring (bicyclic) bond motifs is 3. The van der Waals surface area contributed by atoms with Crippen LogP contribution in [0.15, 0.2) is 48.5 Å². The van der Waals surface area contributed by atoms with E-state index in [1.807, 2.05) is 24.3 Å². The topological polar surface area (TPSA) is 95.9 Å². The summed E-state index contributed by atoms with van der Waals surface area (Å²) in [5.74, 6) is -1.33. The molecule has 5 rings (SSSR count). The standard InChI is InChI=1S/C27H30N2O5/c1-27(25(31)32)13-6-14-29(27)24(30)17-11-12-18(15-17)28-26(33)34-16-23-21-9-4-2-7-19(21)20-8-3-5-10-22(20)23/h2-5,7-10,17-18,23H,6,11-16H2,1H3,(H,28,33)(H,31,32)/t17?,18?,27-/m0/s1. The van der Waals surface area contributed by atoms with E-state index in [1.165, 1.54) is 16.0 Å². The van der Waals surface area contributed by atoms with Crippen LogP contribution in [0.5, 0.6) is 0 Å². The third-order valence-corrected chi connectivity index (χ3v) is 7.82. The molecule has 2 aromatic rings. The third-order valence-electron chi connectivity index (χ3n) is 7.82. The molecule has 0 radical (unpaired) electrons. The van der Waals surface area contributed by atoms with Gasteiger partial charge in [0.05, 0.1) is 0 Å². The maximum atomic E-state index is 13.1. The highest BCUT2D eigenvalue weighted by atomic mass is 16.5. The second kappa shape index (κ2) is 8.78. The van der Waals surface area contributed by atoms with Crippen LogP contribution in [-0.2, 0) is 14.3 Å². The van der Waals surface area contributed by atoms with E-state index in [0.29, 0.717) is 38.6 Å². The van der Waals surface area contributed by atoms with Gasteiger partial charge < -0.3 is 20.1 Å². The third kappa shape index (κ3) is 3.83. The van der Waals surface area contributed by atoms with E-state index in [1.54, 1.807) is 6.92 Å². The number of amides is 2. The number of hydrogen-bond acceptors (Lipinski definition) is 4. The van der Waals surface area contributed by atoms with Crippen molar-refractivity contribution >= 4 is 18.0 Å². The summed E-state index contributed by atoms with van der Waals surface area (Å²) < 4.78 is 5.64. The van der Waals surface area contributed by atoms with Gasteiger partial charge in [-0.25, -0.2) is 9.59 Å². The van der Waals surface area contributed by atoms with Gasteiger partial charge in [0.15, 0.2) is 0 Å². The van der Waals surface area contributed by atoms with Gasteiger partial charge in [-0.2, -0.15) is 0 Å². The number of carboxylic acid groups (broad SMARTS) is 1. The summed E-state index contributed by atoms with van der Waals surface area (Å²) in [5.41, 5.74) is 3.55. The number of carboxylic acids is 1. The molecule has 3 aliphatic rings. The van der Waals surface area contributed by atoms with Crippen molar-refractivity contribution in [1.82, 2.24) is 10.2 Å². The summed E-state index contributed by atoms with van der Waals surface area (Å²) >= 11 is 0. The Morgan fingerprint density at radius 2 is 1.71 bits per heavy atom. The Balaban J connectivity index is 1.17. The molecule has 2 fully saturated rings. The summed E-state index contributed by atoms with van der Waals surface area (Å²) in [6.45, 7) is 2.35. The fourth-order valence-corrected chi connectivity index (χ4v) is 5.90. The summed E-state index contributed by atoms with van der Waals surface area (Å²) in [6.07, 6.45) is 2.52. The first-order valence-electron chi connectivity index (χ1n) is 12.0. The first-order valence-corrected chi connectivity index (χ1v) is 12.0. The average molecular weight is 463 g/mol. The van der Waals surface area contributed by atoms with Crippen LogP contribution in [-0.4, -0.2) is 52.7 Å². The molecule has 1 aliphatic heterocycles. The second-order valence-electron chi connectivity index (χ2n) is 9.85. The minimum Gasteiger partial charge on any atom is -0.480 e. The molecule has 3 atom stereocenters. The summed E-state index contributed by atoms with van der Waals surface area (Å²) in [5, 5.41) is 12.5. The Morgan fingerprint density at radius 1 is 1.06 bits per heavy atom. The molecule has 0 bridgehead atoms. The van der Waals surface area contributed by atoms with E-state index < -0.39 is 17.6 Å². The Hall–Kier alpha value is -3.35. The van der Waals surface area contributed by atoms with Crippen LogP contribution in [0.3, 0.4) is 0 Å². The lowest BCUT2D eigenvalue weighted by atomic mass is 9.97. The smallest absolute Gasteiger partial charge is 0.407 e. The molecule has 1 saturated heterocycles. The zero-order valence-corrected chi connectivity index (χ0v) is 19.3. The van der Waals surface area contributed by atoms with E-state index >= 15 is 0 Å². The SMILES string of the molecule is C[C@@]1(C(=O)O)CCCN1C(=O)C1CCC(NC(=O)OCC2c3ccccc3-c3ccccc32)C1. The molecule has 0 aromatic heterocycles. The first kappa shape index (κ1) is 22.4. The predicted molar refractivity (Wildman–Crippen MR) is 126 cm³/mol. The van der Waals surface area contributed by atoms with Gasteiger partial charge in [0.25, 0.3) is 0 Å². The number of hydrogen-bond donors (Lipinski definition) is 2. The van der Waals surface area contributed by atoms with Gasteiger partial charge in [-0.1, -0.05) is 48.5 Å². The van der Waals surface area contributed by atoms with E-state index in [0.717, 1.165) is 11.1 Å². The molecule has 0 spiro atoms. The number of benzene rings is 2. The fourth-order valence-electron chi connectivity index (χ4n) is 5.90. The van der Waals surface area contributed by atoms with Crippen molar-refractivity contribution in [3.63, 3.8) is 0 Å². The van der Waals surface area contributed by atoms with Crippen molar-refractivity contribution in [3.8, 4) is 11.1 Å². The number of nitrogens with zero attached hydrogens (tertiary/aromatic N) is 1. The van der Waals surface area contributed by atoms with Gasteiger partial charge >= 0.3 is 12.1 Å². The van der Waals surface area contributed by atoms with Gasteiger partial charge in [0, 0.05) is 24.4 Å². The van der Waals surface area contributed by atoms with Crippen molar-refractivity contribution in [2.24, 2.45) is 5.92 Å². The lowest BCUT2D eigenvalue weighted by molar-refractivity contribution is -0.156. The minimum atomic E-state index is -1.13. The molecule has 7 nitrogen and oxygen atoms in total. The number of rotatable bonds is 5. The predicted octanol–water partition coefficient (Wildman–Crippen LogP) is 4.16. The van der Waals surface area contributed by atoms with Crippen LogP contribution in [0.4, 0.5) is 4.79 Å². The zero-order chi connectivity index (χ0) is 23.9. The number of carbonyl (C=O) groups excluding carboxylic acids is 2. The molecule has 2 aromatic carbocycles. The fraction of sp³-hybridized carbons (Fsp3) is 0.444. The second-order valence-corrected chi connectivity index (χ2v) is 9.85. The normalized spacial score (nSPS) is 25.6. The number of likely N-dealkylation sites (tertiary alicyclic amines) is 1. The minimum absolute atomic E-state index is 0.0000770. The van der Waals surface area contributed by atoms with Crippen LogP contribution in [0.2, 0.25) is 0 Å². The van der Waals surface area contributed by atoms with Crippen LogP contribution < -0.4 is 5.32 Å². The maximum Gasteiger partial charge on any atom is 0.407 e. The molecule has 2 unspecified atom stereocenters. The van der Waals surface area contributed by atoms with Crippen molar-refractivity contribution < 1.29 is 24.2 Å². The maximum absolute atomic E-state index is 13.1. The van der Waals surface area contributed by atoms with Gasteiger partial charge in [0.1, 0.15) is 12.1 Å². The van der Waals surface area contributed by atoms with Gasteiger partial charge in [-0.3, -0.25) is 4.79 Å². The molecular formula is C27H30N2O5. The van der Waals surface area contributed by atoms with Crippen molar-refractivity contribution in [3.05, 3.63) is 59.7 Å². The van der Waals surface area contributed by atoms with E-state index in [4.69, 9.17) is 4.74 Å². The Labute approximate surface area is 199 Å². The molecule has 2 aliphatic carbocycles. The quantitative estimate of drug-likeness (QED) is 0.696. The lowest BCUT2D eigenvalue weighted by Crippen LogP contribution is -2.52. The van der Waals surface area contributed by atoms with E-state index in [2.05, 4.69) is 29.6 Å². The number of ether oxygens (including phenoxy) is 1. The first-order chi connectivity index (χ1) is 16.4. The van der Waals surface area contributed by atoms with Crippen LogP contribution >= 0.6 is 0 Å². The average Bonchev–Trinajstić information content (AvgIpc) is 3.54. The molecule has 178 valence electrons. The number of carbonyl (C=O) groups is 3. The summed E-state index contributed by atoms with van der Waals surface area (Å²) in [4.78, 5) is 38.9. The molecular weight excluding hydrogens is 432 g/mol.